The smallest absolute Gasteiger partial charge is 0.306 e. The zero-order valence-electron chi connectivity index (χ0n) is 10.3. The topological polar surface area (TPSA) is 35.5 Å². The zero-order chi connectivity index (χ0) is 12.5. The van der Waals surface area contributed by atoms with Gasteiger partial charge in [0.15, 0.2) is 0 Å². The predicted molar refractivity (Wildman–Crippen MR) is 70.4 cm³/mol. The van der Waals surface area contributed by atoms with Crippen molar-refractivity contribution in [3.63, 3.8) is 0 Å². The normalized spacial score (nSPS) is 10.0. The second kappa shape index (κ2) is 8.01. The highest BCUT2D eigenvalue weighted by Gasteiger charge is 2.06. The first-order valence-electron chi connectivity index (χ1n) is 5.63. The van der Waals surface area contributed by atoms with Gasteiger partial charge in [0.25, 0.3) is 0 Å². The van der Waals surface area contributed by atoms with E-state index in [9.17, 15) is 4.79 Å². The average molecular weight is 254 g/mol. The third-order valence-electron chi connectivity index (χ3n) is 2.24. The Morgan fingerprint density at radius 2 is 2.12 bits per heavy atom. The minimum absolute atomic E-state index is 0.156. The Kier molecular flexibility index (Phi) is 6.55. The maximum absolute atomic E-state index is 11.4. The summed E-state index contributed by atoms with van der Waals surface area (Å²) in [7, 11) is 1.61. The summed E-state index contributed by atoms with van der Waals surface area (Å²) in [6.07, 6.45) is 0.466. The molecule has 1 aromatic rings. The molecule has 0 spiro atoms. The summed E-state index contributed by atoms with van der Waals surface area (Å²) < 4.78 is 10.4. The van der Waals surface area contributed by atoms with Crippen LogP contribution in [0.15, 0.2) is 24.3 Å². The van der Waals surface area contributed by atoms with Crippen LogP contribution in [0.25, 0.3) is 0 Å². The van der Waals surface area contributed by atoms with Crippen LogP contribution >= 0.6 is 11.8 Å². The number of carbonyl (C=O) groups is 1. The summed E-state index contributed by atoms with van der Waals surface area (Å²) in [6.45, 7) is 2.35. The van der Waals surface area contributed by atoms with Gasteiger partial charge in [0.05, 0.1) is 13.5 Å². The van der Waals surface area contributed by atoms with Crippen LogP contribution in [0.3, 0.4) is 0 Å². The minimum Gasteiger partial charge on any atom is -0.496 e. The van der Waals surface area contributed by atoms with Gasteiger partial charge in [-0.1, -0.05) is 25.1 Å². The fourth-order valence-corrected chi connectivity index (χ4v) is 1.95. The summed E-state index contributed by atoms with van der Waals surface area (Å²) >= 11 is 1.74. The molecule has 0 bridgehead atoms. The van der Waals surface area contributed by atoms with E-state index in [1.165, 1.54) is 0 Å². The fraction of sp³-hybridized carbons (Fsp3) is 0.462. The maximum atomic E-state index is 11.4. The van der Waals surface area contributed by atoms with E-state index in [0.29, 0.717) is 6.42 Å². The second-order valence-corrected chi connectivity index (χ2v) is 4.81. The predicted octanol–water partition coefficient (Wildman–Crippen LogP) is 2.88. The summed E-state index contributed by atoms with van der Waals surface area (Å²) in [5.41, 5.74) is 0.895. The van der Waals surface area contributed by atoms with Crippen molar-refractivity contribution in [2.75, 3.05) is 18.6 Å². The molecule has 0 atom stereocenters. The van der Waals surface area contributed by atoms with Crippen molar-refractivity contribution in [1.82, 2.24) is 0 Å². The van der Waals surface area contributed by atoms with Crippen LogP contribution in [-0.2, 0) is 16.1 Å². The highest BCUT2D eigenvalue weighted by Crippen LogP contribution is 2.18. The number of hydrogen-bond donors (Lipinski definition) is 0. The van der Waals surface area contributed by atoms with Gasteiger partial charge in [0.2, 0.25) is 0 Å². The molecular weight excluding hydrogens is 236 g/mol. The van der Waals surface area contributed by atoms with Crippen LogP contribution in [-0.4, -0.2) is 24.6 Å². The third-order valence-corrected chi connectivity index (χ3v) is 3.14. The van der Waals surface area contributed by atoms with E-state index in [-0.39, 0.29) is 12.6 Å². The van der Waals surface area contributed by atoms with Crippen LogP contribution in [0.4, 0.5) is 0 Å². The number of rotatable bonds is 7. The number of para-hydroxylation sites is 1. The van der Waals surface area contributed by atoms with Crippen molar-refractivity contribution < 1.29 is 14.3 Å². The molecular formula is C13H18O3S. The van der Waals surface area contributed by atoms with Crippen LogP contribution in [0.1, 0.15) is 18.9 Å². The van der Waals surface area contributed by atoms with E-state index < -0.39 is 0 Å². The van der Waals surface area contributed by atoms with Gasteiger partial charge in [-0.25, -0.2) is 0 Å². The van der Waals surface area contributed by atoms with Crippen LogP contribution in [0.2, 0.25) is 0 Å². The number of benzene rings is 1. The van der Waals surface area contributed by atoms with Gasteiger partial charge < -0.3 is 9.47 Å². The molecule has 0 heterocycles. The van der Waals surface area contributed by atoms with Crippen molar-refractivity contribution in [2.24, 2.45) is 0 Å². The Bertz CT molecular complexity index is 352. The van der Waals surface area contributed by atoms with Crippen molar-refractivity contribution in [2.45, 2.75) is 20.0 Å². The first-order valence-corrected chi connectivity index (χ1v) is 6.78. The molecule has 0 radical (unpaired) electrons. The number of ether oxygens (including phenoxy) is 2. The summed E-state index contributed by atoms with van der Waals surface area (Å²) in [6, 6.07) is 7.55. The van der Waals surface area contributed by atoms with Gasteiger partial charge in [-0.2, -0.15) is 11.8 Å². The number of hydrogen-bond acceptors (Lipinski definition) is 4. The fourth-order valence-electron chi connectivity index (χ4n) is 1.35. The molecule has 0 aromatic heterocycles. The molecule has 3 nitrogen and oxygen atoms in total. The van der Waals surface area contributed by atoms with Gasteiger partial charge in [0, 0.05) is 11.3 Å². The Morgan fingerprint density at radius 1 is 1.35 bits per heavy atom. The molecule has 0 amide bonds. The van der Waals surface area contributed by atoms with Gasteiger partial charge in [0.1, 0.15) is 12.4 Å². The number of carbonyl (C=O) groups excluding carboxylic acids is 1. The molecule has 0 saturated heterocycles. The molecule has 0 unspecified atom stereocenters. The number of esters is 1. The average Bonchev–Trinajstić information content (AvgIpc) is 2.37. The van der Waals surface area contributed by atoms with E-state index in [1.54, 1.807) is 18.9 Å². The largest absolute Gasteiger partial charge is 0.496 e. The zero-order valence-corrected chi connectivity index (χ0v) is 11.1. The Hall–Kier alpha value is -1.16. The second-order valence-electron chi connectivity index (χ2n) is 3.42. The molecule has 17 heavy (non-hydrogen) atoms. The van der Waals surface area contributed by atoms with E-state index in [2.05, 4.69) is 6.92 Å². The lowest BCUT2D eigenvalue weighted by Crippen LogP contribution is -2.06. The molecule has 94 valence electrons. The van der Waals surface area contributed by atoms with Crippen molar-refractivity contribution in [3.05, 3.63) is 29.8 Å². The molecule has 0 aliphatic carbocycles. The van der Waals surface area contributed by atoms with Crippen molar-refractivity contribution in [1.29, 1.82) is 0 Å². The van der Waals surface area contributed by atoms with Gasteiger partial charge in [-0.3, -0.25) is 4.79 Å². The number of thioether (sulfide) groups is 1. The molecule has 0 fully saturated rings. The molecule has 4 heteroatoms. The standard InChI is InChI=1S/C13H18O3S/c1-3-17-9-8-13(14)16-10-11-6-4-5-7-12(11)15-2/h4-7H,3,8-10H2,1-2H3. The highest BCUT2D eigenvalue weighted by atomic mass is 32.2. The first-order chi connectivity index (χ1) is 8.27. The van der Waals surface area contributed by atoms with Crippen LogP contribution < -0.4 is 4.74 Å². The monoisotopic (exact) mass is 254 g/mol. The van der Waals surface area contributed by atoms with Gasteiger partial charge in [-0.15, -0.1) is 0 Å². The van der Waals surface area contributed by atoms with Crippen LogP contribution in [0.5, 0.6) is 5.75 Å². The lowest BCUT2D eigenvalue weighted by Gasteiger charge is -2.08. The lowest BCUT2D eigenvalue weighted by atomic mass is 10.2. The molecule has 0 aliphatic rings. The third kappa shape index (κ3) is 5.13. The molecule has 1 aromatic carbocycles. The Balaban J connectivity index is 2.36. The summed E-state index contributed by atoms with van der Waals surface area (Å²) in [5, 5.41) is 0. The highest BCUT2D eigenvalue weighted by molar-refractivity contribution is 7.99. The number of methoxy groups -OCH3 is 1. The van der Waals surface area contributed by atoms with Crippen molar-refractivity contribution >= 4 is 17.7 Å². The molecule has 0 saturated carbocycles. The Morgan fingerprint density at radius 3 is 2.82 bits per heavy atom. The van der Waals surface area contributed by atoms with E-state index in [0.717, 1.165) is 22.8 Å². The van der Waals surface area contributed by atoms with E-state index in [4.69, 9.17) is 9.47 Å². The quantitative estimate of drug-likeness (QED) is 0.553. The molecule has 0 N–H and O–H groups in total. The summed E-state index contributed by atoms with van der Waals surface area (Å²) in [4.78, 5) is 11.4. The van der Waals surface area contributed by atoms with E-state index >= 15 is 0 Å². The Labute approximate surface area is 106 Å². The minimum atomic E-state index is -0.156. The van der Waals surface area contributed by atoms with Crippen LogP contribution in [0, 0.1) is 0 Å². The van der Waals surface area contributed by atoms with Gasteiger partial charge >= 0.3 is 5.97 Å². The van der Waals surface area contributed by atoms with Crippen molar-refractivity contribution in [3.8, 4) is 5.75 Å². The first kappa shape index (κ1) is 13.9. The van der Waals surface area contributed by atoms with Gasteiger partial charge in [-0.05, 0) is 11.8 Å². The molecule has 1 rings (SSSR count). The van der Waals surface area contributed by atoms with E-state index in [1.807, 2.05) is 24.3 Å². The maximum Gasteiger partial charge on any atom is 0.306 e. The SMILES string of the molecule is CCSCCC(=O)OCc1ccccc1OC. The summed E-state index contributed by atoms with van der Waals surface area (Å²) in [5.74, 6) is 2.45. The molecule has 0 aliphatic heterocycles. The lowest BCUT2D eigenvalue weighted by molar-refractivity contribution is -0.144.